The minimum absolute atomic E-state index is 0.0193. The lowest BCUT2D eigenvalue weighted by molar-refractivity contribution is -0.137. The van der Waals surface area contributed by atoms with Crippen molar-refractivity contribution in [3.8, 4) is 0 Å². The number of amides is 4. The summed E-state index contributed by atoms with van der Waals surface area (Å²) in [5, 5.41) is 28.4. The number of fused-ring (bicyclic) bond motifs is 1. The van der Waals surface area contributed by atoms with Crippen LogP contribution in [0.2, 0.25) is 0 Å². The first-order chi connectivity index (χ1) is 28.9. The van der Waals surface area contributed by atoms with Crippen molar-refractivity contribution in [2.45, 2.75) is 63.4 Å². The Bertz CT molecular complexity index is 2200. The van der Waals surface area contributed by atoms with Crippen molar-refractivity contribution >= 4 is 75.2 Å². The first-order valence-corrected chi connectivity index (χ1v) is 23.5. The Balaban J connectivity index is 1.21. The van der Waals surface area contributed by atoms with Gasteiger partial charge in [0.25, 0.3) is 0 Å². The van der Waals surface area contributed by atoms with Gasteiger partial charge in [0.1, 0.15) is 42.3 Å². The van der Waals surface area contributed by atoms with Crippen molar-refractivity contribution in [3.63, 3.8) is 0 Å². The number of thioether (sulfide) groups is 1. The molecule has 8 unspecified atom stereocenters. The van der Waals surface area contributed by atoms with E-state index in [4.69, 9.17) is 25.3 Å². The maximum Gasteiger partial charge on any atom is 0.481 e. The first-order valence-electron chi connectivity index (χ1n) is 18.0. The highest BCUT2D eigenvalue weighted by Gasteiger charge is 2.50. The van der Waals surface area contributed by atoms with E-state index in [2.05, 4.69) is 39.7 Å². The van der Waals surface area contributed by atoms with Crippen LogP contribution in [-0.4, -0.2) is 135 Å². The van der Waals surface area contributed by atoms with E-state index in [0.29, 0.717) is 0 Å². The number of anilines is 1. The van der Waals surface area contributed by atoms with E-state index in [-0.39, 0.29) is 53.8 Å². The van der Waals surface area contributed by atoms with Gasteiger partial charge in [-0.1, -0.05) is 55.9 Å². The number of ether oxygens (including phenoxy) is 1. The maximum absolute atomic E-state index is 12.7. The molecule has 344 valence electrons. The number of urea groups is 1. The van der Waals surface area contributed by atoms with Crippen LogP contribution in [0.15, 0.2) is 43.0 Å². The van der Waals surface area contributed by atoms with Gasteiger partial charge in [-0.25, -0.2) is 33.4 Å². The molecule has 3 heterocycles. The van der Waals surface area contributed by atoms with Crippen molar-refractivity contribution in [1.82, 2.24) is 35.5 Å². The molecule has 0 saturated carbocycles. The van der Waals surface area contributed by atoms with Crippen LogP contribution in [0.1, 0.15) is 32.1 Å². The van der Waals surface area contributed by atoms with Gasteiger partial charge >= 0.3 is 29.5 Å². The van der Waals surface area contributed by atoms with Crippen molar-refractivity contribution in [2.24, 2.45) is 11.1 Å². The highest BCUT2D eigenvalue weighted by atomic mass is 32.2. The van der Waals surface area contributed by atoms with Crippen LogP contribution >= 0.6 is 35.2 Å². The molecule has 1 saturated heterocycles. The van der Waals surface area contributed by atoms with Gasteiger partial charge in [0, 0.05) is 37.1 Å². The molecular formula is C31H46N9O18P3S. The number of imidazole rings is 1. The van der Waals surface area contributed by atoms with Gasteiger partial charge in [0.15, 0.2) is 17.7 Å². The van der Waals surface area contributed by atoms with Crippen molar-refractivity contribution in [3.05, 3.63) is 48.5 Å². The molecular weight excluding hydrogens is 911 g/mol. The van der Waals surface area contributed by atoms with Gasteiger partial charge in [-0.3, -0.25) is 32.5 Å². The molecule has 0 spiro atoms. The zero-order valence-electron chi connectivity index (χ0n) is 32.7. The normalized spacial score (nSPS) is 21.0. The molecule has 1 aliphatic rings. The van der Waals surface area contributed by atoms with Gasteiger partial charge < -0.3 is 61.9 Å². The number of primary amides is 1. The number of aliphatic hydroxyl groups excluding tert-OH is 2. The second-order valence-electron chi connectivity index (χ2n) is 14.0. The molecule has 2 aromatic heterocycles. The molecule has 1 fully saturated rings. The third-order valence-electron chi connectivity index (χ3n) is 8.63. The molecule has 3 aromatic rings. The van der Waals surface area contributed by atoms with E-state index in [1.807, 2.05) is 0 Å². The summed E-state index contributed by atoms with van der Waals surface area (Å²) in [5.74, 6) is -1.44. The largest absolute Gasteiger partial charge is 0.481 e. The van der Waals surface area contributed by atoms with Gasteiger partial charge in [0.05, 0.1) is 19.5 Å². The number of nitrogens with one attached hydrogen (secondary N) is 3. The molecule has 4 amide bonds. The van der Waals surface area contributed by atoms with Gasteiger partial charge in [0.2, 0.25) is 16.9 Å². The molecule has 0 bridgehead atoms. The second kappa shape index (κ2) is 21.6. The Morgan fingerprint density at radius 2 is 1.68 bits per heavy atom. The summed E-state index contributed by atoms with van der Waals surface area (Å²) in [5.41, 5.74) is 10.2. The fourth-order valence-corrected chi connectivity index (χ4v) is 9.17. The second-order valence-corrected chi connectivity index (χ2v) is 19.3. The summed E-state index contributed by atoms with van der Waals surface area (Å²) in [7, 11) is -16.5. The number of aromatic nitrogens is 4. The predicted molar refractivity (Wildman–Crippen MR) is 214 cm³/mol. The molecule has 27 nitrogen and oxygen atoms in total. The number of nitrogen functional groups attached to an aromatic ring is 1. The summed E-state index contributed by atoms with van der Waals surface area (Å²) < 4.78 is 62.2. The smallest absolute Gasteiger partial charge is 0.386 e. The molecule has 31 heteroatoms. The number of phosphoric ester groups is 3. The van der Waals surface area contributed by atoms with Crippen LogP contribution in [0.25, 0.3) is 11.2 Å². The Kier molecular flexibility index (Phi) is 17.7. The highest BCUT2D eigenvalue weighted by Crippen LogP contribution is 2.61. The quantitative estimate of drug-likeness (QED) is 0.0399. The lowest BCUT2D eigenvalue weighted by Crippen LogP contribution is -2.46. The monoisotopic (exact) mass is 957 g/mol. The Labute approximate surface area is 356 Å². The maximum atomic E-state index is 12.7. The van der Waals surface area contributed by atoms with Crippen molar-refractivity contribution in [2.75, 3.05) is 37.8 Å². The molecule has 13 N–H and O–H groups in total. The number of benzene rings is 1. The highest BCUT2D eigenvalue weighted by molar-refractivity contribution is 8.13. The summed E-state index contributed by atoms with van der Waals surface area (Å²) in [4.78, 5) is 100. The van der Waals surface area contributed by atoms with Crippen molar-refractivity contribution < 1.29 is 85.3 Å². The number of rotatable bonds is 23. The average Bonchev–Trinajstić information content (AvgIpc) is 3.74. The summed E-state index contributed by atoms with van der Waals surface area (Å²) >= 11 is 0.869. The summed E-state index contributed by atoms with van der Waals surface area (Å²) in [6.45, 7) is 0.181. The van der Waals surface area contributed by atoms with Crippen LogP contribution in [0.4, 0.5) is 10.6 Å². The van der Waals surface area contributed by atoms with Crippen molar-refractivity contribution in [1.29, 1.82) is 0 Å². The SMILES string of the molecule is CC(C)(COP(=O)(O)OP(=O)(O)OCC1OC(n2cnc3c(N)ncnc32)C(O)C1OP(=O)(O)O)C(O)C(=O)NCCC(=O)NCCSC(=O)C(Cc1ccccc1)NC(N)=O. The zero-order chi connectivity index (χ0) is 46.0. The topological polar surface area (TPSA) is 419 Å². The average molecular weight is 958 g/mol. The number of nitrogens with zero attached hydrogens (tertiary/aromatic N) is 4. The number of carbonyl (C=O) groups is 4. The van der Waals surface area contributed by atoms with Gasteiger partial charge in [-0.05, 0) is 5.56 Å². The Morgan fingerprint density at radius 3 is 2.34 bits per heavy atom. The lowest BCUT2D eigenvalue weighted by Gasteiger charge is -2.30. The van der Waals surface area contributed by atoms with Crippen LogP contribution in [-0.2, 0) is 57.1 Å². The molecule has 4 rings (SSSR count). The lowest BCUT2D eigenvalue weighted by atomic mass is 9.87. The molecule has 0 aliphatic carbocycles. The van der Waals surface area contributed by atoms with E-state index in [1.165, 1.54) is 13.8 Å². The van der Waals surface area contributed by atoms with E-state index < -0.39 is 96.6 Å². The number of aliphatic hydroxyl groups is 2. The minimum Gasteiger partial charge on any atom is -0.386 e. The van der Waals surface area contributed by atoms with Crippen LogP contribution < -0.4 is 27.4 Å². The van der Waals surface area contributed by atoms with Crippen LogP contribution in [0, 0.1) is 5.41 Å². The first kappa shape index (κ1) is 50.7. The van der Waals surface area contributed by atoms with E-state index >= 15 is 0 Å². The van der Waals surface area contributed by atoms with Crippen LogP contribution in [0.3, 0.4) is 0 Å². The fraction of sp³-hybridized carbons (Fsp3) is 0.516. The van der Waals surface area contributed by atoms with E-state index in [9.17, 15) is 62.7 Å². The zero-order valence-corrected chi connectivity index (χ0v) is 36.2. The van der Waals surface area contributed by atoms with Gasteiger partial charge in [-0.15, -0.1) is 0 Å². The number of phosphoric acid groups is 3. The summed E-state index contributed by atoms with van der Waals surface area (Å²) in [6, 6.07) is 7.16. The standard InChI is InChI=1S/C31H46N9O18P3S/c1-31(2,24(43)27(44)35-9-8-20(41)34-10-11-62-29(45)18(39-30(33)46)12-17-6-4-3-5-7-17)14-55-61(52,53)58-60(50,51)54-13-19-23(57-59(47,48)49)22(42)28(56-19)40-16-38-21-25(32)36-15-37-26(21)40/h3-7,15-16,18-19,22-24,28,42-43H,8-14H2,1-2H3,(H,34,41)(H,35,44)(H,50,51)(H,52,53)(H2,32,36,37)(H3,33,39,46)(H2,47,48,49). The molecule has 0 radical (unpaired) electrons. The molecule has 1 aromatic carbocycles. The Hall–Kier alpha value is -3.95. The molecule has 62 heavy (non-hydrogen) atoms. The van der Waals surface area contributed by atoms with Gasteiger partial charge in [-0.2, -0.15) is 4.31 Å². The third kappa shape index (κ3) is 15.1. The summed E-state index contributed by atoms with van der Waals surface area (Å²) in [6.07, 6.45) is -6.91. The molecule has 1 aliphatic heterocycles. The number of nitrogens with two attached hydrogens (primary N) is 2. The van der Waals surface area contributed by atoms with E-state index in [0.717, 1.165) is 34.5 Å². The molecule has 8 atom stereocenters. The van der Waals surface area contributed by atoms with E-state index in [1.54, 1.807) is 30.3 Å². The third-order valence-corrected chi connectivity index (χ3v) is 12.7. The fourth-order valence-electron chi connectivity index (χ4n) is 5.60. The number of carbonyl (C=O) groups excluding carboxylic acids is 4. The Morgan fingerprint density at radius 1 is 1.00 bits per heavy atom. The number of hydrogen-bond acceptors (Lipinski definition) is 19. The number of hydrogen-bond donors (Lipinski definition) is 11. The van der Waals surface area contributed by atoms with Crippen LogP contribution in [0.5, 0.6) is 0 Å². The predicted octanol–water partition coefficient (Wildman–Crippen LogP) is -1.06. The minimum atomic E-state index is -5.60.